The summed E-state index contributed by atoms with van der Waals surface area (Å²) in [5.74, 6) is 1.33. The molecular formula is C11H19NO3S. The van der Waals surface area contributed by atoms with Crippen molar-refractivity contribution in [3.05, 3.63) is 24.2 Å². The SMILES string of the molecule is CCS(=O)(=O)CCCC(NC)c1ccco1. The van der Waals surface area contributed by atoms with Crippen LogP contribution in [0.2, 0.25) is 0 Å². The van der Waals surface area contributed by atoms with Crippen LogP contribution in [-0.4, -0.2) is 27.0 Å². The van der Waals surface area contributed by atoms with Crippen LogP contribution < -0.4 is 5.32 Å². The summed E-state index contributed by atoms with van der Waals surface area (Å²) in [5.41, 5.74) is 0. The molecule has 1 rings (SSSR count). The summed E-state index contributed by atoms with van der Waals surface area (Å²) in [6, 6.07) is 3.83. The van der Waals surface area contributed by atoms with E-state index in [2.05, 4.69) is 5.32 Å². The lowest BCUT2D eigenvalue weighted by Gasteiger charge is -2.12. The molecule has 1 atom stereocenters. The number of rotatable bonds is 7. The predicted octanol–water partition coefficient (Wildman–Crippen LogP) is 1.76. The summed E-state index contributed by atoms with van der Waals surface area (Å²) < 4.78 is 27.9. The summed E-state index contributed by atoms with van der Waals surface area (Å²) in [6.07, 6.45) is 3.05. The van der Waals surface area contributed by atoms with Gasteiger partial charge in [0.25, 0.3) is 0 Å². The fourth-order valence-corrected chi connectivity index (χ4v) is 2.47. The Morgan fingerprint density at radius 3 is 2.75 bits per heavy atom. The lowest BCUT2D eigenvalue weighted by molar-refractivity contribution is 0.412. The van der Waals surface area contributed by atoms with Gasteiger partial charge in [-0.15, -0.1) is 0 Å². The first-order valence-corrected chi connectivity index (χ1v) is 7.32. The molecule has 0 bridgehead atoms. The lowest BCUT2D eigenvalue weighted by atomic mass is 10.1. The Balaban J connectivity index is 2.42. The van der Waals surface area contributed by atoms with Crippen LogP contribution in [0, 0.1) is 0 Å². The van der Waals surface area contributed by atoms with Crippen LogP contribution in [0.3, 0.4) is 0 Å². The second kappa shape index (κ2) is 6.06. The van der Waals surface area contributed by atoms with Crippen LogP contribution in [0.4, 0.5) is 0 Å². The van der Waals surface area contributed by atoms with E-state index in [0.717, 1.165) is 12.2 Å². The molecule has 0 saturated carbocycles. The van der Waals surface area contributed by atoms with Crippen molar-refractivity contribution in [2.24, 2.45) is 0 Å². The summed E-state index contributed by atoms with van der Waals surface area (Å²) >= 11 is 0. The first-order chi connectivity index (χ1) is 7.59. The first-order valence-electron chi connectivity index (χ1n) is 5.50. The molecule has 0 amide bonds. The van der Waals surface area contributed by atoms with Crippen molar-refractivity contribution in [3.8, 4) is 0 Å². The zero-order valence-corrected chi connectivity index (χ0v) is 10.6. The van der Waals surface area contributed by atoms with Gasteiger partial charge < -0.3 is 9.73 Å². The molecule has 1 unspecified atom stereocenters. The maximum atomic E-state index is 11.3. The van der Waals surface area contributed by atoms with Crippen LogP contribution in [0.25, 0.3) is 0 Å². The minimum Gasteiger partial charge on any atom is -0.468 e. The Labute approximate surface area is 97.0 Å². The Morgan fingerprint density at radius 2 is 2.25 bits per heavy atom. The summed E-state index contributed by atoms with van der Waals surface area (Å²) in [4.78, 5) is 0. The van der Waals surface area contributed by atoms with Crippen molar-refractivity contribution >= 4 is 9.84 Å². The van der Waals surface area contributed by atoms with E-state index in [1.54, 1.807) is 13.2 Å². The van der Waals surface area contributed by atoms with Gasteiger partial charge in [0, 0.05) is 5.75 Å². The Hall–Kier alpha value is -0.810. The van der Waals surface area contributed by atoms with Crippen molar-refractivity contribution in [3.63, 3.8) is 0 Å². The van der Waals surface area contributed by atoms with E-state index >= 15 is 0 Å². The minimum atomic E-state index is -2.85. The smallest absolute Gasteiger partial charge is 0.150 e. The fraction of sp³-hybridized carbons (Fsp3) is 0.636. The van der Waals surface area contributed by atoms with Crippen LogP contribution in [-0.2, 0) is 9.84 Å². The van der Waals surface area contributed by atoms with E-state index in [-0.39, 0.29) is 17.5 Å². The van der Waals surface area contributed by atoms with E-state index in [4.69, 9.17) is 4.42 Å². The maximum absolute atomic E-state index is 11.3. The number of furan rings is 1. The molecule has 1 aromatic heterocycles. The summed E-state index contributed by atoms with van der Waals surface area (Å²) in [7, 11) is -1.00. The van der Waals surface area contributed by atoms with Gasteiger partial charge in [0.15, 0.2) is 0 Å². The highest BCUT2D eigenvalue weighted by atomic mass is 32.2. The first kappa shape index (κ1) is 13.3. The second-order valence-corrected chi connectivity index (χ2v) is 6.21. The standard InChI is InChI=1S/C11H19NO3S/c1-3-16(13,14)9-5-6-10(12-2)11-7-4-8-15-11/h4,7-8,10,12H,3,5-6,9H2,1-2H3. The van der Waals surface area contributed by atoms with E-state index < -0.39 is 9.84 Å². The second-order valence-electron chi connectivity index (χ2n) is 3.74. The molecule has 0 radical (unpaired) electrons. The van der Waals surface area contributed by atoms with Crippen molar-refractivity contribution < 1.29 is 12.8 Å². The van der Waals surface area contributed by atoms with Crippen LogP contribution >= 0.6 is 0 Å². The average Bonchev–Trinajstić information content (AvgIpc) is 2.78. The van der Waals surface area contributed by atoms with Crippen molar-refractivity contribution in [1.29, 1.82) is 0 Å². The van der Waals surface area contributed by atoms with Gasteiger partial charge in [-0.3, -0.25) is 0 Å². The summed E-state index contributed by atoms with van der Waals surface area (Å²) in [5, 5.41) is 3.12. The third-order valence-electron chi connectivity index (χ3n) is 2.62. The Bertz CT molecular complexity index is 383. The number of hydrogen-bond donors (Lipinski definition) is 1. The van der Waals surface area contributed by atoms with Gasteiger partial charge in [0.1, 0.15) is 15.6 Å². The van der Waals surface area contributed by atoms with Gasteiger partial charge in [-0.2, -0.15) is 0 Å². The van der Waals surface area contributed by atoms with E-state index in [1.165, 1.54) is 0 Å². The molecule has 1 aromatic rings. The molecule has 1 heterocycles. The minimum absolute atomic E-state index is 0.0991. The molecule has 0 saturated heterocycles. The highest BCUT2D eigenvalue weighted by molar-refractivity contribution is 7.91. The van der Waals surface area contributed by atoms with Gasteiger partial charge in [0.05, 0.1) is 18.1 Å². The molecule has 0 aliphatic rings. The molecule has 0 aliphatic carbocycles. The highest BCUT2D eigenvalue weighted by Crippen LogP contribution is 2.18. The molecule has 4 nitrogen and oxygen atoms in total. The van der Waals surface area contributed by atoms with Gasteiger partial charge in [-0.1, -0.05) is 6.92 Å². The van der Waals surface area contributed by atoms with Crippen LogP contribution in [0.5, 0.6) is 0 Å². The van der Waals surface area contributed by atoms with E-state index in [9.17, 15) is 8.42 Å². The molecule has 16 heavy (non-hydrogen) atoms. The molecular weight excluding hydrogens is 226 g/mol. The molecule has 5 heteroatoms. The molecule has 92 valence electrons. The average molecular weight is 245 g/mol. The largest absolute Gasteiger partial charge is 0.468 e. The van der Waals surface area contributed by atoms with Crippen LogP contribution in [0.15, 0.2) is 22.8 Å². The molecule has 0 fully saturated rings. The van der Waals surface area contributed by atoms with Gasteiger partial charge in [-0.25, -0.2) is 8.42 Å². The number of nitrogens with one attached hydrogen (secondary N) is 1. The number of sulfone groups is 1. The van der Waals surface area contributed by atoms with Gasteiger partial charge in [-0.05, 0) is 32.0 Å². The predicted molar refractivity (Wildman–Crippen MR) is 64.1 cm³/mol. The normalized spacial score (nSPS) is 13.9. The molecule has 1 N–H and O–H groups in total. The van der Waals surface area contributed by atoms with Crippen LogP contribution in [0.1, 0.15) is 31.6 Å². The van der Waals surface area contributed by atoms with Crippen molar-refractivity contribution in [2.45, 2.75) is 25.8 Å². The highest BCUT2D eigenvalue weighted by Gasteiger charge is 2.14. The monoisotopic (exact) mass is 245 g/mol. The van der Waals surface area contributed by atoms with Crippen molar-refractivity contribution in [2.75, 3.05) is 18.6 Å². The van der Waals surface area contributed by atoms with E-state index in [1.807, 2.05) is 19.2 Å². The topological polar surface area (TPSA) is 59.3 Å². The molecule has 0 aliphatic heterocycles. The van der Waals surface area contributed by atoms with Gasteiger partial charge in [0.2, 0.25) is 0 Å². The number of hydrogen-bond acceptors (Lipinski definition) is 4. The van der Waals surface area contributed by atoms with E-state index in [0.29, 0.717) is 6.42 Å². The third-order valence-corrected chi connectivity index (χ3v) is 4.41. The van der Waals surface area contributed by atoms with Gasteiger partial charge >= 0.3 is 0 Å². The Morgan fingerprint density at radius 1 is 1.50 bits per heavy atom. The zero-order chi connectivity index (χ0) is 12.0. The quantitative estimate of drug-likeness (QED) is 0.795. The van der Waals surface area contributed by atoms with Crippen molar-refractivity contribution in [1.82, 2.24) is 5.32 Å². The fourth-order valence-electron chi connectivity index (χ4n) is 1.57. The zero-order valence-electron chi connectivity index (χ0n) is 9.77. The Kier molecular flexibility index (Phi) is 5.02. The lowest BCUT2D eigenvalue weighted by Crippen LogP contribution is -2.17. The molecule has 0 spiro atoms. The third kappa shape index (κ3) is 3.98. The molecule has 0 aromatic carbocycles. The maximum Gasteiger partial charge on any atom is 0.150 e. The summed E-state index contributed by atoms with van der Waals surface area (Å²) in [6.45, 7) is 1.68.